The van der Waals surface area contributed by atoms with E-state index in [2.05, 4.69) is 33.0 Å². The van der Waals surface area contributed by atoms with Crippen LogP contribution in [0.1, 0.15) is 59.8 Å². The zero-order valence-corrected chi connectivity index (χ0v) is 11.6. The molecule has 3 unspecified atom stereocenters. The Morgan fingerprint density at radius 2 is 2.06 bits per heavy atom. The molecule has 1 saturated carbocycles. The van der Waals surface area contributed by atoms with E-state index in [0.29, 0.717) is 6.04 Å². The topological polar surface area (TPSA) is 38.0 Å². The van der Waals surface area contributed by atoms with Crippen LogP contribution in [0, 0.1) is 11.8 Å². The van der Waals surface area contributed by atoms with Gasteiger partial charge in [0.25, 0.3) is 0 Å². The van der Waals surface area contributed by atoms with E-state index in [4.69, 9.17) is 5.73 Å². The summed E-state index contributed by atoms with van der Waals surface area (Å²) in [6.45, 7) is 10.0. The van der Waals surface area contributed by atoms with Crippen molar-refractivity contribution in [1.82, 2.24) is 5.32 Å². The lowest BCUT2D eigenvalue weighted by atomic mass is 9.71. The van der Waals surface area contributed by atoms with Crippen LogP contribution in [0.2, 0.25) is 0 Å². The maximum atomic E-state index is 6.04. The molecule has 0 aliphatic heterocycles. The molecular weight excluding hydrogens is 196 g/mol. The first-order valence-corrected chi connectivity index (χ1v) is 7.00. The zero-order valence-electron chi connectivity index (χ0n) is 11.6. The highest BCUT2D eigenvalue weighted by atomic mass is 15.0. The molecule has 1 aliphatic rings. The van der Waals surface area contributed by atoms with Crippen LogP contribution in [-0.4, -0.2) is 18.1 Å². The van der Waals surface area contributed by atoms with Gasteiger partial charge in [0.15, 0.2) is 0 Å². The lowest BCUT2D eigenvalue weighted by molar-refractivity contribution is 0.141. The van der Waals surface area contributed by atoms with Gasteiger partial charge in [-0.05, 0) is 38.0 Å². The van der Waals surface area contributed by atoms with Crippen LogP contribution in [0.25, 0.3) is 0 Å². The average molecular weight is 226 g/mol. The number of hydrogen-bond acceptors (Lipinski definition) is 2. The normalized spacial score (nSPS) is 33.0. The predicted molar refractivity (Wildman–Crippen MR) is 71.5 cm³/mol. The van der Waals surface area contributed by atoms with E-state index in [1.54, 1.807) is 0 Å². The van der Waals surface area contributed by atoms with Gasteiger partial charge in [-0.15, -0.1) is 0 Å². The summed E-state index contributed by atoms with van der Waals surface area (Å²) in [6, 6.07) is 0.592. The standard InChI is InChI=1S/C14H30N2/c1-5-12(4)16-14(10-15)8-6-7-13(9-14)11(2)3/h11-13,16H,5-10,15H2,1-4H3. The Balaban J connectivity index is 2.63. The summed E-state index contributed by atoms with van der Waals surface area (Å²) in [6.07, 6.45) is 6.45. The van der Waals surface area contributed by atoms with Crippen molar-refractivity contribution in [3.63, 3.8) is 0 Å². The minimum atomic E-state index is 0.225. The fourth-order valence-corrected chi connectivity index (χ4v) is 2.98. The second-order valence-corrected chi connectivity index (χ2v) is 6.04. The summed E-state index contributed by atoms with van der Waals surface area (Å²) in [7, 11) is 0. The van der Waals surface area contributed by atoms with E-state index in [9.17, 15) is 0 Å². The molecule has 1 aliphatic carbocycles. The highest BCUT2D eigenvalue weighted by molar-refractivity contribution is 4.96. The van der Waals surface area contributed by atoms with Crippen molar-refractivity contribution in [3.05, 3.63) is 0 Å². The first-order valence-electron chi connectivity index (χ1n) is 7.00. The number of rotatable bonds is 5. The molecule has 0 spiro atoms. The molecule has 16 heavy (non-hydrogen) atoms. The first-order chi connectivity index (χ1) is 7.53. The van der Waals surface area contributed by atoms with E-state index >= 15 is 0 Å². The van der Waals surface area contributed by atoms with E-state index in [1.165, 1.54) is 32.1 Å². The highest BCUT2D eigenvalue weighted by Gasteiger charge is 2.36. The van der Waals surface area contributed by atoms with Gasteiger partial charge in [0, 0.05) is 18.1 Å². The number of nitrogens with one attached hydrogen (secondary N) is 1. The summed E-state index contributed by atoms with van der Waals surface area (Å²) in [4.78, 5) is 0. The third-order valence-corrected chi connectivity index (χ3v) is 4.38. The third kappa shape index (κ3) is 3.46. The fourth-order valence-electron chi connectivity index (χ4n) is 2.98. The molecule has 0 saturated heterocycles. The first kappa shape index (κ1) is 14.0. The van der Waals surface area contributed by atoms with E-state index in [1.807, 2.05) is 0 Å². The SMILES string of the molecule is CCC(C)NC1(CN)CCCC(C(C)C)C1. The van der Waals surface area contributed by atoms with Crippen LogP contribution < -0.4 is 11.1 Å². The molecule has 1 fully saturated rings. The highest BCUT2D eigenvalue weighted by Crippen LogP contribution is 2.36. The summed E-state index contributed by atoms with van der Waals surface area (Å²) in [5, 5.41) is 3.79. The maximum Gasteiger partial charge on any atom is 0.0309 e. The van der Waals surface area contributed by atoms with E-state index in [-0.39, 0.29) is 5.54 Å². The van der Waals surface area contributed by atoms with Gasteiger partial charge in [0.1, 0.15) is 0 Å². The number of hydrogen-bond donors (Lipinski definition) is 2. The summed E-state index contributed by atoms with van der Waals surface area (Å²) in [5.41, 5.74) is 6.27. The molecule has 0 radical (unpaired) electrons. The smallest absolute Gasteiger partial charge is 0.0309 e. The van der Waals surface area contributed by atoms with Crippen molar-refractivity contribution in [2.24, 2.45) is 17.6 Å². The Morgan fingerprint density at radius 3 is 2.56 bits per heavy atom. The van der Waals surface area contributed by atoms with Crippen LogP contribution in [0.5, 0.6) is 0 Å². The lowest BCUT2D eigenvalue weighted by Gasteiger charge is -2.44. The predicted octanol–water partition coefficient (Wildman–Crippen LogP) is 2.92. The van der Waals surface area contributed by atoms with Crippen molar-refractivity contribution >= 4 is 0 Å². The Hall–Kier alpha value is -0.0800. The van der Waals surface area contributed by atoms with Crippen molar-refractivity contribution < 1.29 is 0 Å². The largest absolute Gasteiger partial charge is 0.329 e. The molecule has 3 N–H and O–H groups in total. The minimum absolute atomic E-state index is 0.225. The maximum absolute atomic E-state index is 6.04. The molecule has 0 heterocycles. The van der Waals surface area contributed by atoms with Crippen LogP contribution in [0.3, 0.4) is 0 Å². The molecule has 0 aromatic carbocycles. The summed E-state index contributed by atoms with van der Waals surface area (Å²) < 4.78 is 0. The second kappa shape index (κ2) is 6.02. The molecule has 2 nitrogen and oxygen atoms in total. The Kier molecular flexibility index (Phi) is 5.26. The third-order valence-electron chi connectivity index (χ3n) is 4.38. The Labute approximate surface area is 101 Å². The molecule has 96 valence electrons. The quantitative estimate of drug-likeness (QED) is 0.756. The van der Waals surface area contributed by atoms with Gasteiger partial charge in [-0.3, -0.25) is 0 Å². The molecule has 2 heteroatoms. The Morgan fingerprint density at radius 1 is 1.38 bits per heavy atom. The summed E-state index contributed by atoms with van der Waals surface area (Å²) in [5.74, 6) is 1.65. The van der Waals surface area contributed by atoms with E-state index in [0.717, 1.165) is 18.4 Å². The van der Waals surface area contributed by atoms with Crippen molar-refractivity contribution in [2.75, 3.05) is 6.54 Å². The summed E-state index contributed by atoms with van der Waals surface area (Å²) >= 11 is 0. The molecule has 3 atom stereocenters. The van der Waals surface area contributed by atoms with Crippen LogP contribution in [0.4, 0.5) is 0 Å². The monoisotopic (exact) mass is 226 g/mol. The van der Waals surface area contributed by atoms with Gasteiger partial charge in [-0.2, -0.15) is 0 Å². The molecular formula is C14H30N2. The molecule has 1 rings (SSSR count). The van der Waals surface area contributed by atoms with Gasteiger partial charge >= 0.3 is 0 Å². The molecule has 0 bridgehead atoms. The molecule has 0 aromatic rings. The zero-order chi connectivity index (χ0) is 12.2. The van der Waals surface area contributed by atoms with Gasteiger partial charge in [-0.1, -0.05) is 33.6 Å². The van der Waals surface area contributed by atoms with Crippen LogP contribution in [0.15, 0.2) is 0 Å². The van der Waals surface area contributed by atoms with Gasteiger partial charge < -0.3 is 11.1 Å². The molecule has 0 amide bonds. The van der Waals surface area contributed by atoms with E-state index < -0.39 is 0 Å². The van der Waals surface area contributed by atoms with Gasteiger partial charge in [0.2, 0.25) is 0 Å². The van der Waals surface area contributed by atoms with Crippen molar-refractivity contribution in [3.8, 4) is 0 Å². The average Bonchev–Trinajstić information content (AvgIpc) is 2.29. The van der Waals surface area contributed by atoms with Crippen LogP contribution in [-0.2, 0) is 0 Å². The Bertz CT molecular complexity index is 203. The van der Waals surface area contributed by atoms with Gasteiger partial charge in [-0.25, -0.2) is 0 Å². The molecule has 0 aromatic heterocycles. The number of nitrogens with two attached hydrogens (primary N) is 1. The second-order valence-electron chi connectivity index (χ2n) is 6.04. The van der Waals surface area contributed by atoms with Crippen molar-refractivity contribution in [2.45, 2.75) is 71.4 Å². The van der Waals surface area contributed by atoms with Gasteiger partial charge in [0.05, 0.1) is 0 Å². The van der Waals surface area contributed by atoms with Crippen LogP contribution >= 0.6 is 0 Å². The fraction of sp³-hybridized carbons (Fsp3) is 1.00. The lowest BCUT2D eigenvalue weighted by Crippen LogP contribution is -2.57. The van der Waals surface area contributed by atoms with Crippen molar-refractivity contribution in [1.29, 1.82) is 0 Å². The minimum Gasteiger partial charge on any atom is -0.329 e.